The summed E-state index contributed by atoms with van der Waals surface area (Å²) >= 11 is 0. The fourth-order valence-electron chi connectivity index (χ4n) is 3.97. The first-order chi connectivity index (χ1) is 9.46. The summed E-state index contributed by atoms with van der Waals surface area (Å²) in [6.07, 6.45) is 8.26. The first-order valence-electron chi connectivity index (χ1n) is 8.09. The van der Waals surface area contributed by atoms with Crippen molar-refractivity contribution in [3.05, 3.63) is 11.6 Å². The molecule has 0 N–H and O–H groups in total. The van der Waals surface area contributed by atoms with Crippen LogP contribution in [-0.2, 0) is 9.84 Å². The number of nitrogens with zero attached hydrogens (tertiary/aromatic N) is 1. The lowest BCUT2D eigenvalue weighted by atomic mass is 9.79. The average molecular weight is 297 g/mol. The zero-order valence-corrected chi connectivity index (χ0v) is 13.5. The molecule has 1 saturated heterocycles. The molecule has 0 aromatic rings. The number of sulfone groups is 1. The number of hydrogen-bond acceptors (Lipinski definition) is 3. The van der Waals surface area contributed by atoms with E-state index >= 15 is 0 Å². The van der Waals surface area contributed by atoms with Gasteiger partial charge in [-0.15, -0.1) is 0 Å². The van der Waals surface area contributed by atoms with Gasteiger partial charge in [-0.1, -0.05) is 18.6 Å². The van der Waals surface area contributed by atoms with Crippen molar-refractivity contribution in [3.63, 3.8) is 0 Å². The Morgan fingerprint density at radius 1 is 1.20 bits per heavy atom. The second-order valence-electron chi connectivity index (χ2n) is 7.09. The van der Waals surface area contributed by atoms with Crippen LogP contribution in [0.15, 0.2) is 11.6 Å². The van der Waals surface area contributed by atoms with Gasteiger partial charge in [-0.25, -0.2) is 8.42 Å². The van der Waals surface area contributed by atoms with Crippen molar-refractivity contribution < 1.29 is 8.42 Å². The SMILES string of the molecule is CC1=CCC[C@H](C)[C@@H]1CN(C1CC1)[C@H]1CCS(=O)(=O)C1. The summed E-state index contributed by atoms with van der Waals surface area (Å²) in [7, 11) is -2.77. The summed E-state index contributed by atoms with van der Waals surface area (Å²) in [5, 5.41) is 0. The molecular weight excluding hydrogens is 270 g/mol. The van der Waals surface area contributed by atoms with E-state index in [-0.39, 0.29) is 6.04 Å². The van der Waals surface area contributed by atoms with E-state index in [1.807, 2.05) is 0 Å². The van der Waals surface area contributed by atoms with Gasteiger partial charge in [0.05, 0.1) is 11.5 Å². The first-order valence-corrected chi connectivity index (χ1v) is 9.91. The molecule has 0 radical (unpaired) electrons. The van der Waals surface area contributed by atoms with E-state index in [0.29, 0.717) is 23.5 Å². The molecule has 0 amide bonds. The summed E-state index contributed by atoms with van der Waals surface area (Å²) in [4.78, 5) is 2.55. The quantitative estimate of drug-likeness (QED) is 0.749. The van der Waals surface area contributed by atoms with Crippen LogP contribution < -0.4 is 0 Å². The van der Waals surface area contributed by atoms with E-state index < -0.39 is 9.84 Å². The molecule has 2 fully saturated rings. The molecule has 114 valence electrons. The smallest absolute Gasteiger partial charge is 0.151 e. The first kappa shape index (κ1) is 14.6. The molecule has 0 aromatic carbocycles. The van der Waals surface area contributed by atoms with Crippen molar-refractivity contribution >= 4 is 9.84 Å². The lowest BCUT2D eigenvalue weighted by molar-refractivity contribution is 0.155. The van der Waals surface area contributed by atoms with Crippen molar-refractivity contribution in [1.82, 2.24) is 4.90 Å². The Balaban J connectivity index is 1.72. The van der Waals surface area contributed by atoms with Gasteiger partial charge in [0.15, 0.2) is 9.84 Å². The Labute approximate surface area is 123 Å². The minimum atomic E-state index is -2.77. The van der Waals surface area contributed by atoms with E-state index in [2.05, 4.69) is 24.8 Å². The Hall–Kier alpha value is -0.350. The van der Waals surface area contributed by atoms with Crippen LogP contribution in [0.25, 0.3) is 0 Å². The third-order valence-electron chi connectivity index (χ3n) is 5.46. The van der Waals surface area contributed by atoms with Crippen molar-refractivity contribution in [3.8, 4) is 0 Å². The van der Waals surface area contributed by atoms with Gasteiger partial charge >= 0.3 is 0 Å². The maximum absolute atomic E-state index is 11.8. The molecule has 0 aromatic heterocycles. The van der Waals surface area contributed by atoms with Gasteiger partial charge in [-0.3, -0.25) is 4.90 Å². The van der Waals surface area contributed by atoms with Crippen LogP contribution in [0, 0.1) is 11.8 Å². The van der Waals surface area contributed by atoms with E-state index in [0.717, 1.165) is 18.9 Å². The molecule has 1 saturated carbocycles. The van der Waals surface area contributed by atoms with Gasteiger partial charge in [0.1, 0.15) is 0 Å². The maximum Gasteiger partial charge on any atom is 0.151 e. The molecular formula is C16H27NO2S. The molecule has 3 nitrogen and oxygen atoms in total. The molecule has 0 spiro atoms. The number of rotatable bonds is 4. The Morgan fingerprint density at radius 2 is 1.95 bits per heavy atom. The standard InChI is InChI=1S/C16H27NO2S/c1-12-4-3-5-13(2)16(12)10-17(14-6-7-14)15-8-9-20(18,19)11-15/h4,13-16H,3,5-11H2,1-2H3/t13-,15-,16+/m0/s1. The maximum atomic E-state index is 11.8. The lowest BCUT2D eigenvalue weighted by Crippen LogP contribution is -2.43. The molecule has 3 atom stereocenters. The van der Waals surface area contributed by atoms with Gasteiger partial charge in [0.2, 0.25) is 0 Å². The van der Waals surface area contributed by atoms with Gasteiger partial charge in [0.25, 0.3) is 0 Å². The van der Waals surface area contributed by atoms with E-state index in [1.54, 1.807) is 0 Å². The van der Waals surface area contributed by atoms with Gasteiger partial charge in [-0.2, -0.15) is 0 Å². The number of allylic oxidation sites excluding steroid dienone is 1. The molecule has 4 heteroatoms. The molecule has 3 aliphatic rings. The average Bonchev–Trinajstić information content (AvgIpc) is 3.13. The summed E-state index contributed by atoms with van der Waals surface area (Å²) in [6.45, 7) is 5.70. The number of hydrogen-bond donors (Lipinski definition) is 0. The fraction of sp³-hybridized carbons (Fsp3) is 0.875. The Kier molecular flexibility index (Phi) is 3.97. The normalized spacial score (nSPS) is 37.1. The summed E-state index contributed by atoms with van der Waals surface area (Å²) < 4.78 is 23.5. The van der Waals surface area contributed by atoms with Crippen molar-refractivity contribution in [2.75, 3.05) is 18.1 Å². The molecule has 1 heterocycles. The second-order valence-corrected chi connectivity index (χ2v) is 9.32. The summed E-state index contributed by atoms with van der Waals surface area (Å²) in [5.41, 5.74) is 1.52. The van der Waals surface area contributed by atoms with Crippen LogP contribution in [0.2, 0.25) is 0 Å². The molecule has 3 rings (SSSR count). The van der Waals surface area contributed by atoms with Crippen LogP contribution in [0.4, 0.5) is 0 Å². The van der Waals surface area contributed by atoms with E-state index in [4.69, 9.17) is 0 Å². The van der Waals surface area contributed by atoms with Crippen LogP contribution in [0.3, 0.4) is 0 Å². The van der Waals surface area contributed by atoms with E-state index in [1.165, 1.54) is 31.3 Å². The minimum Gasteiger partial charge on any atom is -0.296 e. The van der Waals surface area contributed by atoms with Crippen LogP contribution >= 0.6 is 0 Å². The van der Waals surface area contributed by atoms with Crippen LogP contribution in [-0.4, -0.2) is 43.5 Å². The van der Waals surface area contributed by atoms with E-state index in [9.17, 15) is 8.42 Å². The summed E-state index contributed by atoms with van der Waals surface area (Å²) in [6, 6.07) is 0.949. The second kappa shape index (κ2) is 5.45. The topological polar surface area (TPSA) is 37.4 Å². The lowest BCUT2D eigenvalue weighted by Gasteiger charge is -2.36. The monoisotopic (exact) mass is 297 g/mol. The zero-order chi connectivity index (χ0) is 14.3. The molecule has 2 aliphatic carbocycles. The minimum absolute atomic E-state index is 0.287. The third-order valence-corrected chi connectivity index (χ3v) is 7.21. The summed E-state index contributed by atoms with van der Waals surface area (Å²) in [5.74, 6) is 2.16. The Morgan fingerprint density at radius 3 is 2.50 bits per heavy atom. The van der Waals surface area contributed by atoms with Crippen molar-refractivity contribution in [2.45, 2.75) is 58.0 Å². The fourth-order valence-corrected chi connectivity index (χ4v) is 5.71. The van der Waals surface area contributed by atoms with Crippen LogP contribution in [0.1, 0.15) is 46.0 Å². The Bertz CT molecular complexity index is 493. The van der Waals surface area contributed by atoms with Gasteiger partial charge in [-0.05, 0) is 50.9 Å². The predicted octanol–water partition coefficient (Wildman–Crippen LogP) is 2.63. The van der Waals surface area contributed by atoms with Gasteiger partial charge < -0.3 is 0 Å². The third kappa shape index (κ3) is 3.11. The highest BCUT2D eigenvalue weighted by atomic mass is 32.2. The largest absolute Gasteiger partial charge is 0.296 e. The highest BCUT2D eigenvalue weighted by molar-refractivity contribution is 7.91. The predicted molar refractivity (Wildman–Crippen MR) is 82.4 cm³/mol. The van der Waals surface area contributed by atoms with Crippen molar-refractivity contribution in [2.24, 2.45) is 11.8 Å². The zero-order valence-electron chi connectivity index (χ0n) is 12.7. The molecule has 0 bridgehead atoms. The highest BCUT2D eigenvalue weighted by Crippen LogP contribution is 2.37. The molecule has 20 heavy (non-hydrogen) atoms. The molecule has 1 aliphatic heterocycles. The molecule has 0 unspecified atom stereocenters. The highest BCUT2D eigenvalue weighted by Gasteiger charge is 2.41. The van der Waals surface area contributed by atoms with Crippen LogP contribution in [0.5, 0.6) is 0 Å². The van der Waals surface area contributed by atoms with Crippen molar-refractivity contribution in [1.29, 1.82) is 0 Å². The van der Waals surface area contributed by atoms with Gasteiger partial charge in [0, 0.05) is 18.6 Å².